The number of phenolic OH excluding ortho intramolecular Hbond substituents is 4. The molecule has 7 N–H and O–H groups in total. The van der Waals surface area contributed by atoms with Gasteiger partial charge in [-0.15, -0.1) is 0 Å². The average Bonchev–Trinajstić information content (AvgIpc) is 2.90. The number of aliphatic hydroxyl groups is 3. The SMILES string of the molecule is COc1cc(C=CC(=O)O[C@@H]2O[C@H](COC(=O)c3cc(O)c(O)c(O)c3)[C@@H](O)[C@H](O)[C@H]2O)cc(OC)c1O. The van der Waals surface area contributed by atoms with Gasteiger partial charge in [0.25, 0.3) is 0 Å². The molecule has 1 aliphatic heterocycles. The van der Waals surface area contributed by atoms with Gasteiger partial charge in [-0.2, -0.15) is 0 Å². The molecular weight excluding hydrogens is 512 g/mol. The van der Waals surface area contributed by atoms with Crippen molar-refractivity contribution in [3.05, 3.63) is 41.5 Å². The number of hydrogen-bond acceptors (Lipinski definition) is 14. The van der Waals surface area contributed by atoms with Crippen molar-refractivity contribution in [2.45, 2.75) is 30.7 Å². The third-order valence-corrected chi connectivity index (χ3v) is 5.50. The molecule has 1 saturated heterocycles. The Labute approximate surface area is 215 Å². The van der Waals surface area contributed by atoms with Crippen LogP contribution in [0.5, 0.6) is 34.5 Å². The third kappa shape index (κ3) is 6.18. The predicted octanol–water partition coefficient (Wildman–Crippen LogP) is -0.253. The summed E-state index contributed by atoms with van der Waals surface area (Å²) in [6, 6.07) is 4.46. The maximum Gasteiger partial charge on any atom is 0.338 e. The van der Waals surface area contributed by atoms with Crippen LogP contribution >= 0.6 is 0 Å². The van der Waals surface area contributed by atoms with Gasteiger partial charge in [0.2, 0.25) is 12.0 Å². The van der Waals surface area contributed by atoms with E-state index >= 15 is 0 Å². The minimum atomic E-state index is -1.85. The highest BCUT2D eigenvalue weighted by Crippen LogP contribution is 2.38. The van der Waals surface area contributed by atoms with E-state index in [-0.39, 0.29) is 22.8 Å². The average molecular weight is 538 g/mol. The first-order valence-corrected chi connectivity index (χ1v) is 10.9. The van der Waals surface area contributed by atoms with Crippen LogP contribution in [0.1, 0.15) is 15.9 Å². The zero-order valence-electron chi connectivity index (χ0n) is 20.0. The van der Waals surface area contributed by atoms with Crippen LogP contribution in [0.4, 0.5) is 0 Å². The molecule has 1 fully saturated rings. The van der Waals surface area contributed by atoms with E-state index in [1.54, 1.807) is 0 Å². The van der Waals surface area contributed by atoms with Gasteiger partial charge in [0, 0.05) is 6.08 Å². The standard InChI is InChI=1S/C24H26O14/c1-34-14-5-10(6-15(35-2)19(14)29)3-4-17(27)38-24-22(32)21(31)20(30)16(37-24)9-36-23(33)11-7-12(25)18(28)13(26)8-11/h3-8,16,20-22,24-26,28-32H,9H2,1-2H3/t16-,20-,21+,22-,24+/m1/s1. The number of phenols is 4. The molecule has 14 nitrogen and oxygen atoms in total. The second-order valence-electron chi connectivity index (χ2n) is 8.02. The number of rotatable bonds is 8. The quantitative estimate of drug-likeness (QED) is 0.131. The highest BCUT2D eigenvalue weighted by Gasteiger charge is 2.46. The van der Waals surface area contributed by atoms with Crippen molar-refractivity contribution in [1.82, 2.24) is 0 Å². The van der Waals surface area contributed by atoms with Crippen molar-refractivity contribution >= 4 is 18.0 Å². The van der Waals surface area contributed by atoms with Gasteiger partial charge in [0.05, 0.1) is 19.8 Å². The summed E-state index contributed by atoms with van der Waals surface area (Å²) in [5, 5.41) is 69.0. The van der Waals surface area contributed by atoms with Crippen molar-refractivity contribution < 1.29 is 69.0 Å². The Morgan fingerprint density at radius 3 is 2.00 bits per heavy atom. The zero-order valence-corrected chi connectivity index (χ0v) is 20.0. The van der Waals surface area contributed by atoms with E-state index < -0.39 is 66.5 Å². The Hall–Kier alpha value is -4.24. The lowest BCUT2D eigenvalue weighted by Crippen LogP contribution is -2.59. The molecule has 0 aliphatic carbocycles. The normalized spacial score (nSPS) is 23.1. The molecular formula is C24H26O14. The van der Waals surface area contributed by atoms with Crippen LogP contribution in [0.15, 0.2) is 30.3 Å². The third-order valence-electron chi connectivity index (χ3n) is 5.50. The Bertz CT molecular complexity index is 1160. The van der Waals surface area contributed by atoms with Gasteiger partial charge in [-0.25, -0.2) is 9.59 Å². The molecule has 5 atom stereocenters. The molecule has 0 spiro atoms. The molecule has 1 aliphatic rings. The van der Waals surface area contributed by atoms with Crippen molar-refractivity contribution in [2.24, 2.45) is 0 Å². The lowest BCUT2D eigenvalue weighted by Gasteiger charge is -2.39. The van der Waals surface area contributed by atoms with Gasteiger partial charge in [0.15, 0.2) is 28.7 Å². The summed E-state index contributed by atoms with van der Waals surface area (Å²) in [7, 11) is 2.65. The first-order chi connectivity index (χ1) is 18.0. The molecule has 0 unspecified atom stereocenters. The minimum Gasteiger partial charge on any atom is -0.504 e. The fourth-order valence-electron chi connectivity index (χ4n) is 3.44. The van der Waals surface area contributed by atoms with E-state index in [2.05, 4.69) is 0 Å². The number of carbonyl (C=O) groups is 2. The Balaban J connectivity index is 1.66. The summed E-state index contributed by atoms with van der Waals surface area (Å²) in [6.07, 6.45) is -6.42. The van der Waals surface area contributed by atoms with Gasteiger partial charge in [-0.3, -0.25) is 0 Å². The van der Waals surface area contributed by atoms with E-state index in [9.17, 15) is 45.3 Å². The first-order valence-electron chi connectivity index (χ1n) is 10.9. The van der Waals surface area contributed by atoms with Crippen LogP contribution in [0.3, 0.4) is 0 Å². The van der Waals surface area contributed by atoms with Gasteiger partial charge in [-0.1, -0.05) is 0 Å². The molecule has 0 amide bonds. The zero-order chi connectivity index (χ0) is 28.1. The Kier molecular flexibility index (Phi) is 8.85. The fraction of sp³-hybridized carbons (Fsp3) is 0.333. The molecule has 0 saturated carbocycles. The molecule has 2 aromatic rings. The highest BCUT2D eigenvalue weighted by molar-refractivity contribution is 5.91. The molecule has 38 heavy (non-hydrogen) atoms. The number of benzene rings is 2. The summed E-state index contributed by atoms with van der Waals surface area (Å²) in [6.45, 7) is -0.691. The van der Waals surface area contributed by atoms with Crippen LogP contribution in [0, 0.1) is 0 Å². The molecule has 14 heteroatoms. The Morgan fingerprint density at radius 2 is 1.45 bits per heavy atom. The van der Waals surface area contributed by atoms with E-state index in [1.165, 1.54) is 32.4 Å². The number of methoxy groups -OCH3 is 2. The highest BCUT2D eigenvalue weighted by atomic mass is 16.7. The maximum atomic E-state index is 12.3. The minimum absolute atomic E-state index is 0.0793. The summed E-state index contributed by atoms with van der Waals surface area (Å²) < 4.78 is 25.4. The number of aromatic hydroxyl groups is 4. The molecule has 0 aromatic heterocycles. The first kappa shape index (κ1) is 28.3. The second kappa shape index (κ2) is 11.9. The van der Waals surface area contributed by atoms with Crippen LogP contribution in [0.2, 0.25) is 0 Å². The molecule has 2 aromatic carbocycles. The summed E-state index contributed by atoms with van der Waals surface area (Å²) in [5.74, 6) is -4.61. The molecule has 0 bridgehead atoms. The number of aliphatic hydroxyl groups excluding tert-OH is 3. The second-order valence-corrected chi connectivity index (χ2v) is 8.02. The summed E-state index contributed by atoms with van der Waals surface area (Å²) in [5.41, 5.74) is 0.0319. The maximum absolute atomic E-state index is 12.3. The number of hydrogen-bond donors (Lipinski definition) is 7. The number of ether oxygens (including phenoxy) is 5. The molecule has 206 valence electrons. The van der Waals surface area contributed by atoms with Crippen LogP contribution in [-0.4, -0.2) is 99.2 Å². The topological polar surface area (TPSA) is 222 Å². The van der Waals surface area contributed by atoms with Gasteiger partial charge in [-0.05, 0) is 35.9 Å². The van der Waals surface area contributed by atoms with E-state index in [1.807, 2.05) is 0 Å². The van der Waals surface area contributed by atoms with Crippen LogP contribution < -0.4 is 9.47 Å². The van der Waals surface area contributed by atoms with E-state index in [0.29, 0.717) is 5.56 Å². The molecule has 1 heterocycles. The van der Waals surface area contributed by atoms with Crippen LogP contribution in [0.25, 0.3) is 6.08 Å². The number of esters is 2. The van der Waals surface area contributed by atoms with Crippen molar-refractivity contribution in [2.75, 3.05) is 20.8 Å². The summed E-state index contributed by atoms with van der Waals surface area (Å²) >= 11 is 0. The molecule has 3 rings (SSSR count). The van der Waals surface area contributed by atoms with Gasteiger partial charge in [0.1, 0.15) is 31.0 Å². The van der Waals surface area contributed by atoms with Gasteiger partial charge >= 0.3 is 11.9 Å². The monoisotopic (exact) mass is 538 g/mol. The van der Waals surface area contributed by atoms with E-state index in [0.717, 1.165) is 18.2 Å². The van der Waals surface area contributed by atoms with Crippen molar-refractivity contribution in [1.29, 1.82) is 0 Å². The smallest absolute Gasteiger partial charge is 0.338 e. The Morgan fingerprint density at radius 1 is 0.868 bits per heavy atom. The lowest BCUT2D eigenvalue weighted by atomic mass is 9.99. The largest absolute Gasteiger partial charge is 0.504 e. The predicted molar refractivity (Wildman–Crippen MR) is 125 cm³/mol. The van der Waals surface area contributed by atoms with E-state index in [4.69, 9.17) is 23.7 Å². The fourth-order valence-corrected chi connectivity index (χ4v) is 3.44. The van der Waals surface area contributed by atoms with Crippen molar-refractivity contribution in [3.63, 3.8) is 0 Å². The van der Waals surface area contributed by atoms with Crippen LogP contribution in [-0.2, 0) is 19.0 Å². The van der Waals surface area contributed by atoms with Crippen molar-refractivity contribution in [3.8, 4) is 34.5 Å². The lowest BCUT2D eigenvalue weighted by molar-refractivity contribution is -0.290. The number of carbonyl (C=O) groups excluding carboxylic acids is 2. The van der Waals surface area contributed by atoms with Gasteiger partial charge < -0.3 is 59.4 Å². The molecule has 0 radical (unpaired) electrons. The summed E-state index contributed by atoms with van der Waals surface area (Å²) in [4.78, 5) is 24.6.